The number of halogens is 2. The normalized spacial score (nSPS) is 14.8. The fraction of sp³-hybridized carbons (Fsp3) is 0.261. The van der Waals surface area contributed by atoms with Crippen LogP contribution in [0.4, 0.5) is 5.69 Å². The molecule has 0 saturated carbocycles. The molecule has 1 atom stereocenters. The molecule has 1 saturated heterocycles. The topological polar surface area (TPSA) is 67.7 Å². The first-order valence-electron chi connectivity index (χ1n) is 10.2. The van der Waals surface area contributed by atoms with Crippen LogP contribution in [0.5, 0.6) is 5.75 Å². The minimum Gasteiger partial charge on any atom is -0.479 e. The van der Waals surface area contributed by atoms with Crippen LogP contribution in [0.2, 0.25) is 10.0 Å². The second-order valence-corrected chi connectivity index (χ2v) is 8.18. The molecule has 0 radical (unpaired) electrons. The van der Waals surface area contributed by atoms with E-state index in [1.807, 2.05) is 23.1 Å². The van der Waals surface area contributed by atoms with E-state index >= 15 is 0 Å². The number of anilines is 1. The number of amides is 1. The highest BCUT2D eigenvalue weighted by Crippen LogP contribution is 2.26. The first kappa shape index (κ1) is 22.2. The van der Waals surface area contributed by atoms with Crippen molar-refractivity contribution in [2.45, 2.75) is 13.0 Å². The van der Waals surface area contributed by atoms with Crippen molar-refractivity contribution in [2.75, 3.05) is 31.1 Å². The molecule has 1 aliphatic heterocycles. The van der Waals surface area contributed by atoms with Gasteiger partial charge in [0.15, 0.2) is 6.10 Å². The van der Waals surface area contributed by atoms with Crippen molar-refractivity contribution >= 4 is 34.8 Å². The van der Waals surface area contributed by atoms with E-state index in [2.05, 4.69) is 5.10 Å². The summed E-state index contributed by atoms with van der Waals surface area (Å²) in [5.41, 5.74) is 0.834. The van der Waals surface area contributed by atoms with Crippen LogP contribution in [0.25, 0.3) is 5.69 Å². The average Bonchev–Trinajstić information content (AvgIpc) is 2.82. The van der Waals surface area contributed by atoms with E-state index in [0.717, 1.165) is 0 Å². The Morgan fingerprint density at radius 3 is 2.34 bits per heavy atom. The van der Waals surface area contributed by atoms with Gasteiger partial charge in [-0.2, -0.15) is 9.78 Å². The molecule has 166 valence electrons. The van der Waals surface area contributed by atoms with Gasteiger partial charge in [-0.15, -0.1) is 0 Å². The fourth-order valence-electron chi connectivity index (χ4n) is 3.60. The Morgan fingerprint density at radius 1 is 1.00 bits per heavy atom. The molecule has 2 heterocycles. The standard InChI is InChI=1S/C23H22Cl2N4O3/c1-16(32-20-10-6-5-9-18(20)24)22(30)28-13-11-27(12-14-28)19-15-26-29(23(31)21(19)25)17-7-3-2-4-8-17/h2-10,15-16H,11-14H2,1H3. The summed E-state index contributed by atoms with van der Waals surface area (Å²) < 4.78 is 7.03. The van der Waals surface area contributed by atoms with Crippen molar-refractivity contribution in [3.63, 3.8) is 0 Å². The highest BCUT2D eigenvalue weighted by atomic mass is 35.5. The zero-order chi connectivity index (χ0) is 22.7. The lowest BCUT2D eigenvalue weighted by atomic mass is 10.2. The number of carbonyl (C=O) groups is 1. The van der Waals surface area contributed by atoms with Crippen LogP contribution >= 0.6 is 23.2 Å². The lowest BCUT2D eigenvalue weighted by Crippen LogP contribution is -2.52. The highest BCUT2D eigenvalue weighted by Gasteiger charge is 2.28. The number of hydrogen-bond donors (Lipinski definition) is 0. The lowest BCUT2D eigenvalue weighted by Gasteiger charge is -2.37. The van der Waals surface area contributed by atoms with E-state index in [1.54, 1.807) is 54.4 Å². The molecule has 7 nitrogen and oxygen atoms in total. The maximum atomic E-state index is 12.8. The highest BCUT2D eigenvalue weighted by molar-refractivity contribution is 6.33. The van der Waals surface area contributed by atoms with Crippen molar-refractivity contribution < 1.29 is 9.53 Å². The number of nitrogens with zero attached hydrogens (tertiary/aromatic N) is 4. The summed E-state index contributed by atoms with van der Waals surface area (Å²) in [4.78, 5) is 29.3. The molecule has 4 rings (SSSR count). The smallest absolute Gasteiger partial charge is 0.292 e. The summed E-state index contributed by atoms with van der Waals surface area (Å²) in [5, 5.41) is 4.86. The molecule has 2 aromatic carbocycles. The van der Waals surface area contributed by atoms with Crippen molar-refractivity contribution in [1.29, 1.82) is 0 Å². The largest absolute Gasteiger partial charge is 0.479 e. The summed E-state index contributed by atoms with van der Waals surface area (Å²) in [6.07, 6.45) is 0.929. The van der Waals surface area contributed by atoms with Crippen LogP contribution < -0.4 is 15.2 Å². The summed E-state index contributed by atoms with van der Waals surface area (Å²) in [6.45, 7) is 3.73. The van der Waals surface area contributed by atoms with Gasteiger partial charge in [0.1, 0.15) is 10.8 Å². The summed E-state index contributed by atoms with van der Waals surface area (Å²) >= 11 is 12.5. The van der Waals surface area contributed by atoms with E-state index in [-0.39, 0.29) is 16.5 Å². The van der Waals surface area contributed by atoms with E-state index < -0.39 is 6.10 Å². The Balaban J connectivity index is 1.41. The second kappa shape index (κ2) is 9.63. The molecule has 1 aliphatic rings. The van der Waals surface area contributed by atoms with Crippen molar-refractivity contribution in [3.8, 4) is 11.4 Å². The van der Waals surface area contributed by atoms with Gasteiger partial charge in [0.25, 0.3) is 11.5 Å². The molecular formula is C23H22Cl2N4O3. The van der Waals surface area contributed by atoms with E-state index in [0.29, 0.717) is 48.3 Å². The van der Waals surface area contributed by atoms with Gasteiger partial charge in [0, 0.05) is 26.2 Å². The number of para-hydroxylation sites is 2. The Kier molecular flexibility index (Phi) is 6.67. The summed E-state index contributed by atoms with van der Waals surface area (Å²) in [7, 11) is 0. The fourth-order valence-corrected chi connectivity index (χ4v) is 4.03. The number of hydrogen-bond acceptors (Lipinski definition) is 5. The first-order chi connectivity index (χ1) is 15.5. The van der Waals surface area contributed by atoms with Gasteiger partial charge in [0.05, 0.1) is 22.6 Å². The lowest BCUT2D eigenvalue weighted by molar-refractivity contribution is -0.138. The van der Waals surface area contributed by atoms with Crippen molar-refractivity contribution in [1.82, 2.24) is 14.7 Å². The van der Waals surface area contributed by atoms with Crippen LogP contribution in [-0.2, 0) is 4.79 Å². The zero-order valence-corrected chi connectivity index (χ0v) is 19.0. The van der Waals surface area contributed by atoms with Gasteiger partial charge in [0.2, 0.25) is 0 Å². The molecule has 1 fully saturated rings. The number of aromatic nitrogens is 2. The molecule has 1 aromatic heterocycles. The summed E-state index contributed by atoms with van der Waals surface area (Å²) in [5.74, 6) is 0.360. The van der Waals surface area contributed by atoms with Crippen LogP contribution in [0.1, 0.15) is 6.92 Å². The second-order valence-electron chi connectivity index (χ2n) is 7.40. The van der Waals surface area contributed by atoms with Crippen LogP contribution in [0, 0.1) is 0 Å². The molecule has 0 N–H and O–H groups in total. The van der Waals surface area contributed by atoms with Crippen molar-refractivity contribution in [3.05, 3.63) is 81.2 Å². The monoisotopic (exact) mass is 472 g/mol. The number of piperazine rings is 1. The van der Waals surface area contributed by atoms with Gasteiger partial charge in [-0.1, -0.05) is 53.5 Å². The number of rotatable bonds is 5. The van der Waals surface area contributed by atoms with Gasteiger partial charge in [-0.05, 0) is 31.2 Å². The van der Waals surface area contributed by atoms with Gasteiger partial charge < -0.3 is 14.5 Å². The third-order valence-corrected chi connectivity index (χ3v) is 5.99. The van der Waals surface area contributed by atoms with E-state index in [9.17, 15) is 9.59 Å². The number of carbonyl (C=O) groups excluding carboxylic acids is 1. The maximum absolute atomic E-state index is 12.8. The molecule has 0 aliphatic carbocycles. The van der Waals surface area contributed by atoms with E-state index in [1.165, 1.54) is 4.68 Å². The third kappa shape index (κ3) is 4.59. The average molecular weight is 473 g/mol. The third-order valence-electron chi connectivity index (χ3n) is 5.32. The molecule has 32 heavy (non-hydrogen) atoms. The molecule has 3 aromatic rings. The zero-order valence-electron chi connectivity index (χ0n) is 17.4. The minimum absolute atomic E-state index is 0.110. The Labute approximate surface area is 195 Å². The molecule has 1 unspecified atom stereocenters. The van der Waals surface area contributed by atoms with Crippen LogP contribution in [0.15, 0.2) is 65.6 Å². The number of ether oxygens (including phenoxy) is 1. The molecule has 0 bridgehead atoms. The Morgan fingerprint density at radius 2 is 1.66 bits per heavy atom. The summed E-state index contributed by atoms with van der Waals surface area (Å²) in [6, 6.07) is 16.2. The van der Waals surface area contributed by atoms with Crippen molar-refractivity contribution in [2.24, 2.45) is 0 Å². The molecular weight excluding hydrogens is 451 g/mol. The molecule has 0 spiro atoms. The maximum Gasteiger partial charge on any atom is 0.292 e. The van der Waals surface area contributed by atoms with Crippen LogP contribution in [-0.4, -0.2) is 52.9 Å². The van der Waals surface area contributed by atoms with E-state index in [4.69, 9.17) is 27.9 Å². The SMILES string of the molecule is CC(Oc1ccccc1Cl)C(=O)N1CCN(c2cnn(-c3ccccc3)c(=O)c2Cl)CC1. The molecule has 9 heteroatoms. The predicted octanol–water partition coefficient (Wildman–Crippen LogP) is 3.66. The Bertz CT molecular complexity index is 1160. The van der Waals surface area contributed by atoms with Gasteiger partial charge >= 0.3 is 0 Å². The predicted molar refractivity (Wildman–Crippen MR) is 125 cm³/mol. The molecule has 1 amide bonds. The Hall–Kier alpha value is -3.03. The van der Waals surface area contributed by atoms with Crippen LogP contribution in [0.3, 0.4) is 0 Å². The number of benzene rings is 2. The quantitative estimate of drug-likeness (QED) is 0.566. The van der Waals surface area contributed by atoms with Gasteiger partial charge in [-0.25, -0.2) is 0 Å². The first-order valence-corrected chi connectivity index (χ1v) is 11.0. The minimum atomic E-state index is -0.665. The van der Waals surface area contributed by atoms with Gasteiger partial charge in [-0.3, -0.25) is 9.59 Å².